The minimum atomic E-state index is 0.908. The van der Waals surface area contributed by atoms with Crippen LogP contribution in [-0.2, 0) is 0 Å². The maximum absolute atomic E-state index is 5.08. The fourth-order valence-electron chi connectivity index (χ4n) is 4.82. The van der Waals surface area contributed by atoms with Gasteiger partial charge in [-0.05, 0) is 46.5 Å². The van der Waals surface area contributed by atoms with Crippen LogP contribution in [0.1, 0.15) is 0 Å². The Morgan fingerprint density at radius 1 is 0.342 bits per heavy atom. The zero-order chi connectivity index (χ0) is 25.3. The predicted octanol–water partition coefficient (Wildman–Crippen LogP) is 8.24. The Morgan fingerprint density at radius 3 is 1.13 bits per heavy atom. The molecule has 4 heteroatoms. The molecular formula is C34H22N4. The van der Waals surface area contributed by atoms with E-state index in [9.17, 15) is 0 Å². The molecule has 0 bridgehead atoms. The van der Waals surface area contributed by atoms with Crippen LogP contribution >= 0.6 is 0 Å². The number of aromatic nitrogens is 4. The van der Waals surface area contributed by atoms with Crippen molar-refractivity contribution in [3.63, 3.8) is 0 Å². The van der Waals surface area contributed by atoms with Crippen LogP contribution in [0.25, 0.3) is 66.6 Å². The van der Waals surface area contributed by atoms with Crippen molar-refractivity contribution in [1.29, 1.82) is 0 Å². The highest BCUT2D eigenvalue weighted by molar-refractivity contribution is 6.04. The van der Waals surface area contributed by atoms with E-state index in [4.69, 9.17) is 9.97 Å². The van der Waals surface area contributed by atoms with Crippen molar-refractivity contribution in [1.82, 2.24) is 19.9 Å². The summed E-state index contributed by atoms with van der Waals surface area (Å²) in [6.45, 7) is 0. The number of hydrogen-bond donors (Lipinski definition) is 0. The Labute approximate surface area is 220 Å². The highest BCUT2D eigenvalue weighted by atomic mass is 14.8. The summed E-state index contributed by atoms with van der Waals surface area (Å²) >= 11 is 0. The molecule has 0 aliphatic rings. The second-order valence-corrected chi connectivity index (χ2v) is 9.24. The van der Waals surface area contributed by atoms with Gasteiger partial charge in [0.1, 0.15) is 0 Å². The largest absolute Gasteiger partial charge is 0.264 e. The lowest BCUT2D eigenvalue weighted by molar-refractivity contribution is 1.33. The predicted molar refractivity (Wildman–Crippen MR) is 154 cm³/mol. The lowest BCUT2D eigenvalue weighted by Gasteiger charge is -2.09. The van der Waals surface area contributed by atoms with E-state index >= 15 is 0 Å². The molecule has 4 nitrogen and oxygen atoms in total. The van der Waals surface area contributed by atoms with Crippen LogP contribution < -0.4 is 0 Å². The molecule has 0 unspecified atom stereocenters. The van der Waals surface area contributed by atoms with Crippen molar-refractivity contribution in [2.75, 3.05) is 0 Å². The third kappa shape index (κ3) is 4.08. The highest BCUT2D eigenvalue weighted by Crippen LogP contribution is 2.30. The molecule has 0 saturated carbocycles. The fraction of sp³-hybridized carbons (Fsp3) is 0. The molecular weight excluding hydrogens is 464 g/mol. The molecule has 4 heterocycles. The summed E-state index contributed by atoms with van der Waals surface area (Å²) in [5, 5.41) is 2.15. The molecule has 0 fully saturated rings. The molecule has 0 amide bonds. The number of nitrogens with zero attached hydrogens (tertiary/aromatic N) is 4. The van der Waals surface area contributed by atoms with Gasteiger partial charge in [0, 0.05) is 46.7 Å². The minimum Gasteiger partial charge on any atom is -0.264 e. The molecule has 3 aromatic carbocycles. The molecule has 0 N–H and O–H groups in total. The van der Waals surface area contributed by atoms with E-state index in [1.807, 2.05) is 24.5 Å². The normalized spacial score (nSPS) is 11.2. The maximum atomic E-state index is 5.08. The maximum Gasteiger partial charge on any atom is 0.0972 e. The summed E-state index contributed by atoms with van der Waals surface area (Å²) in [5.74, 6) is 0. The fourth-order valence-corrected chi connectivity index (χ4v) is 4.82. The van der Waals surface area contributed by atoms with Gasteiger partial charge in [-0.2, -0.15) is 0 Å². The Kier molecular flexibility index (Phi) is 5.41. The molecule has 0 saturated heterocycles. The van der Waals surface area contributed by atoms with Crippen LogP contribution in [-0.4, -0.2) is 19.9 Å². The third-order valence-corrected chi connectivity index (χ3v) is 6.87. The van der Waals surface area contributed by atoms with Crippen LogP contribution in [0.15, 0.2) is 134 Å². The summed E-state index contributed by atoms with van der Waals surface area (Å²) in [5.41, 5.74) is 10.3. The molecule has 7 aromatic rings. The monoisotopic (exact) mass is 486 g/mol. The first kappa shape index (κ1) is 22.0. The molecule has 0 spiro atoms. The molecule has 4 aromatic heterocycles. The summed E-state index contributed by atoms with van der Waals surface area (Å²) < 4.78 is 0. The quantitative estimate of drug-likeness (QED) is 0.235. The van der Waals surface area contributed by atoms with Crippen molar-refractivity contribution in [3.8, 4) is 44.8 Å². The van der Waals surface area contributed by atoms with E-state index < -0.39 is 0 Å². The van der Waals surface area contributed by atoms with Crippen molar-refractivity contribution in [2.24, 2.45) is 0 Å². The molecule has 38 heavy (non-hydrogen) atoms. The van der Waals surface area contributed by atoms with Crippen LogP contribution in [0.2, 0.25) is 0 Å². The average Bonchev–Trinajstić information content (AvgIpc) is 3.01. The number of pyridine rings is 4. The number of fused-ring (bicyclic) bond motifs is 3. The number of benzene rings is 3. The van der Waals surface area contributed by atoms with Crippen LogP contribution in [0, 0.1) is 0 Å². The van der Waals surface area contributed by atoms with E-state index in [1.54, 1.807) is 12.4 Å². The zero-order valence-corrected chi connectivity index (χ0v) is 20.5. The Bertz CT molecular complexity index is 1740. The summed E-state index contributed by atoms with van der Waals surface area (Å²) in [4.78, 5) is 18.6. The van der Waals surface area contributed by atoms with Gasteiger partial charge >= 0.3 is 0 Å². The van der Waals surface area contributed by atoms with Gasteiger partial charge in [-0.15, -0.1) is 0 Å². The Balaban J connectivity index is 1.27. The second kappa shape index (κ2) is 9.34. The van der Waals surface area contributed by atoms with Gasteiger partial charge in [-0.1, -0.05) is 84.9 Å². The number of rotatable bonds is 4. The molecule has 0 atom stereocenters. The highest BCUT2D eigenvalue weighted by Gasteiger charge is 2.10. The SMILES string of the molecule is c1cncc(-c2ccc(-c3ccc4ccc5ccc(-c6ccc(-c7cccnc7)cc6)nc5c4n3)cc2)c1. The Hall–Kier alpha value is -5.22. The van der Waals surface area contributed by atoms with Crippen molar-refractivity contribution >= 4 is 21.8 Å². The molecule has 7 rings (SSSR count). The van der Waals surface area contributed by atoms with Gasteiger partial charge in [0.25, 0.3) is 0 Å². The van der Waals surface area contributed by atoms with E-state index in [0.717, 1.165) is 66.6 Å². The van der Waals surface area contributed by atoms with Crippen molar-refractivity contribution in [2.45, 2.75) is 0 Å². The van der Waals surface area contributed by atoms with Gasteiger partial charge in [0.2, 0.25) is 0 Å². The third-order valence-electron chi connectivity index (χ3n) is 6.87. The molecule has 0 aliphatic carbocycles. The summed E-state index contributed by atoms with van der Waals surface area (Å²) in [7, 11) is 0. The lowest BCUT2D eigenvalue weighted by Crippen LogP contribution is -1.91. The summed E-state index contributed by atoms with van der Waals surface area (Å²) in [6.07, 6.45) is 7.34. The van der Waals surface area contributed by atoms with E-state index in [1.165, 1.54) is 0 Å². The van der Waals surface area contributed by atoms with Crippen molar-refractivity contribution in [3.05, 3.63) is 134 Å². The smallest absolute Gasteiger partial charge is 0.0972 e. The van der Waals surface area contributed by atoms with Crippen LogP contribution in [0.4, 0.5) is 0 Å². The number of hydrogen-bond acceptors (Lipinski definition) is 4. The molecule has 178 valence electrons. The molecule has 0 radical (unpaired) electrons. The lowest BCUT2D eigenvalue weighted by atomic mass is 10.0. The second-order valence-electron chi connectivity index (χ2n) is 9.24. The Morgan fingerprint density at radius 2 is 0.737 bits per heavy atom. The average molecular weight is 487 g/mol. The summed E-state index contributed by atoms with van der Waals surface area (Å²) in [6, 6.07) is 37.6. The van der Waals surface area contributed by atoms with Gasteiger partial charge in [-0.25, -0.2) is 9.97 Å². The first-order valence-electron chi connectivity index (χ1n) is 12.5. The first-order chi connectivity index (χ1) is 18.8. The van der Waals surface area contributed by atoms with E-state index in [-0.39, 0.29) is 0 Å². The minimum absolute atomic E-state index is 0.908. The molecule has 0 aliphatic heterocycles. The van der Waals surface area contributed by atoms with Crippen molar-refractivity contribution < 1.29 is 0 Å². The zero-order valence-electron chi connectivity index (χ0n) is 20.5. The van der Waals surface area contributed by atoms with Crippen LogP contribution in [0.5, 0.6) is 0 Å². The van der Waals surface area contributed by atoms with Crippen LogP contribution in [0.3, 0.4) is 0 Å². The van der Waals surface area contributed by atoms with E-state index in [0.29, 0.717) is 0 Å². The van der Waals surface area contributed by atoms with Gasteiger partial charge in [-0.3, -0.25) is 9.97 Å². The van der Waals surface area contributed by atoms with Gasteiger partial charge < -0.3 is 0 Å². The van der Waals surface area contributed by atoms with E-state index in [2.05, 4.69) is 107 Å². The van der Waals surface area contributed by atoms with Gasteiger partial charge in [0.15, 0.2) is 0 Å². The topological polar surface area (TPSA) is 51.6 Å². The standard InChI is InChI=1S/C34H22N4/c1-3-29(21-35-19-1)23-5-9-25(10-6-23)31-17-15-27-13-14-28-16-18-32(38-34(28)33(27)37-31)26-11-7-24(8-12-26)30-4-2-20-36-22-30/h1-22H. The van der Waals surface area contributed by atoms with Gasteiger partial charge in [0.05, 0.1) is 22.4 Å². The first-order valence-corrected chi connectivity index (χ1v) is 12.5.